The highest BCUT2D eigenvalue weighted by molar-refractivity contribution is 6.01. The van der Waals surface area contributed by atoms with E-state index in [-0.39, 0.29) is 24.0 Å². The minimum atomic E-state index is -0.540. The normalized spacial score (nSPS) is 20.8. The maximum atomic E-state index is 14.1. The van der Waals surface area contributed by atoms with Crippen LogP contribution in [0.2, 0.25) is 0 Å². The Hall–Kier alpha value is -3.36. The first-order chi connectivity index (χ1) is 16.6. The summed E-state index contributed by atoms with van der Waals surface area (Å²) in [6.07, 6.45) is 4.47. The quantitative estimate of drug-likeness (QED) is 0.546. The van der Waals surface area contributed by atoms with Crippen LogP contribution < -0.4 is 9.80 Å². The van der Waals surface area contributed by atoms with Gasteiger partial charge in [-0.3, -0.25) is 4.57 Å². The lowest BCUT2D eigenvalue weighted by Crippen LogP contribution is -2.59. The summed E-state index contributed by atoms with van der Waals surface area (Å²) in [5.74, 6) is 0.556. The van der Waals surface area contributed by atoms with Crippen molar-refractivity contribution in [1.29, 1.82) is 0 Å². The van der Waals surface area contributed by atoms with Gasteiger partial charge in [-0.25, -0.2) is 19.2 Å². The Morgan fingerprint density at radius 1 is 1.11 bits per heavy atom. The zero-order chi connectivity index (χ0) is 24.9. The number of halogens is 1. The highest BCUT2D eigenvalue weighted by Gasteiger charge is 2.36. The summed E-state index contributed by atoms with van der Waals surface area (Å²) in [6.45, 7) is 12.9. The van der Waals surface area contributed by atoms with Crippen LogP contribution in [-0.2, 0) is 4.74 Å². The van der Waals surface area contributed by atoms with E-state index in [4.69, 9.17) is 9.72 Å². The summed E-state index contributed by atoms with van der Waals surface area (Å²) in [7, 11) is 0. The minimum absolute atomic E-state index is 0.0265. The molecular weight excluding hydrogens is 447 g/mol. The first-order valence-corrected chi connectivity index (χ1v) is 12.3. The van der Waals surface area contributed by atoms with Gasteiger partial charge in [-0.1, -0.05) is 6.07 Å². The lowest BCUT2D eigenvalue weighted by atomic mass is 10.1. The lowest BCUT2D eigenvalue weighted by molar-refractivity contribution is 0.0130. The van der Waals surface area contributed by atoms with Crippen molar-refractivity contribution < 1.29 is 13.9 Å². The maximum absolute atomic E-state index is 14.1. The van der Waals surface area contributed by atoms with Crippen LogP contribution in [0.25, 0.3) is 16.7 Å². The molecule has 1 amide bonds. The van der Waals surface area contributed by atoms with E-state index in [1.807, 2.05) is 44.5 Å². The molecule has 2 atom stereocenters. The molecular formula is C26H33FN6O2. The van der Waals surface area contributed by atoms with Crippen LogP contribution in [0.1, 0.15) is 41.0 Å². The average molecular weight is 481 g/mol. The van der Waals surface area contributed by atoms with E-state index >= 15 is 0 Å². The number of anilines is 2. The summed E-state index contributed by atoms with van der Waals surface area (Å²) >= 11 is 0. The van der Waals surface area contributed by atoms with Crippen LogP contribution in [0.4, 0.5) is 20.7 Å². The van der Waals surface area contributed by atoms with Crippen LogP contribution in [0, 0.1) is 5.82 Å². The molecule has 0 radical (unpaired) electrons. The third-order valence-corrected chi connectivity index (χ3v) is 6.71. The molecule has 0 N–H and O–H groups in total. The van der Waals surface area contributed by atoms with Gasteiger partial charge in [0.1, 0.15) is 23.6 Å². The van der Waals surface area contributed by atoms with Gasteiger partial charge >= 0.3 is 6.09 Å². The lowest BCUT2D eigenvalue weighted by Gasteiger charge is -2.45. The van der Waals surface area contributed by atoms with Crippen molar-refractivity contribution in [2.24, 2.45) is 0 Å². The molecule has 8 nitrogen and oxygen atoms in total. The first-order valence-electron chi connectivity index (χ1n) is 12.3. The van der Waals surface area contributed by atoms with E-state index in [1.54, 1.807) is 17.3 Å². The van der Waals surface area contributed by atoms with Gasteiger partial charge < -0.3 is 19.4 Å². The van der Waals surface area contributed by atoms with Crippen LogP contribution in [0.5, 0.6) is 0 Å². The van der Waals surface area contributed by atoms with Crippen molar-refractivity contribution in [2.45, 2.75) is 58.7 Å². The predicted octanol–water partition coefficient (Wildman–Crippen LogP) is 4.60. The second-order valence-corrected chi connectivity index (χ2v) is 10.6. The van der Waals surface area contributed by atoms with Gasteiger partial charge in [0.25, 0.3) is 0 Å². The summed E-state index contributed by atoms with van der Waals surface area (Å²) in [5.41, 5.74) is 1.99. The number of ether oxygens (including phenoxy) is 1. The Bertz CT molecular complexity index is 1250. The molecule has 2 saturated heterocycles. The van der Waals surface area contributed by atoms with Gasteiger partial charge in [0.05, 0.1) is 11.1 Å². The predicted molar refractivity (Wildman–Crippen MR) is 135 cm³/mol. The fourth-order valence-corrected chi connectivity index (χ4v) is 4.86. The number of hydrogen-bond donors (Lipinski definition) is 0. The smallest absolute Gasteiger partial charge is 0.410 e. The van der Waals surface area contributed by atoms with E-state index < -0.39 is 5.60 Å². The van der Waals surface area contributed by atoms with Crippen LogP contribution >= 0.6 is 0 Å². The van der Waals surface area contributed by atoms with E-state index in [2.05, 4.69) is 21.7 Å². The van der Waals surface area contributed by atoms with Crippen LogP contribution in [0.15, 0.2) is 36.8 Å². The summed E-state index contributed by atoms with van der Waals surface area (Å²) in [6, 6.07) is 6.53. The van der Waals surface area contributed by atoms with E-state index in [0.29, 0.717) is 13.1 Å². The first kappa shape index (κ1) is 23.4. The number of aromatic nitrogens is 3. The van der Waals surface area contributed by atoms with Gasteiger partial charge in [-0.15, -0.1) is 0 Å². The van der Waals surface area contributed by atoms with E-state index in [9.17, 15) is 9.18 Å². The molecule has 186 valence electrons. The highest BCUT2D eigenvalue weighted by atomic mass is 19.1. The van der Waals surface area contributed by atoms with E-state index in [0.717, 1.165) is 47.7 Å². The molecule has 2 aromatic heterocycles. The number of hydrogen-bond acceptors (Lipinski definition) is 6. The molecule has 2 fully saturated rings. The number of benzene rings is 1. The van der Waals surface area contributed by atoms with Crippen molar-refractivity contribution in [3.63, 3.8) is 0 Å². The molecule has 0 spiro atoms. The highest BCUT2D eigenvalue weighted by Crippen LogP contribution is 2.39. The molecule has 35 heavy (non-hydrogen) atoms. The fraction of sp³-hybridized carbons (Fsp3) is 0.500. The van der Waals surface area contributed by atoms with E-state index in [1.165, 1.54) is 12.1 Å². The topological polar surface area (TPSA) is 66.7 Å². The molecule has 0 saturated carbocycles. The number of nitrogens with zero attached hydrogens (tertiary/aromatic N) is 6. The number of fused-ring (bicyclic) bond motifs is 1. The Morgan fingerprint density at radius 2 is 1.89 bits per heavy atom. The molecule has 9 heteroatoms. The van der Waals surface area contributed by atoms with Crippen LogP contribution in [-0.4, -0.2) is 69.4 Å². The molecule has 5 rings (SSSR count). The van der Waals surface area contributed by atoms with Gasteiger partial charge in [-0.2, -0.15) is 0 Å². The summed E-state index contributed by atoms with van der Waals surface area (Å²) in [5, 5.41) is 0.959. The van der Waals surface area contributed by atoms with Crippen molar-refractivity contribution in [1.82, 2.24) is 19.4 Å². The Balaban J connectivity index is 1.54. The molecule has 3 aromatic rings. The summed E-state index contributed by atoms with van der Waals surface area (Å²) in [4.78, 5) is 28.6. The largest absolute Gasteiger partial charge is 0.444 e. The van der Waals surface area contributed by atoms with Crippen LogP contribution in [0.3, 0.4) is 0 Å². The standard InChI is InChI=1S/C26H33FN6O2/c1-17-14-32(25(34)35-26(3,4)5)18(2)13-31(17)23-22-21(30-10-7-11-30)15-33(24(22)29-16-28-23)20-9-6-8-19(27)12-20/h6,8-9,12,15-18H,7,10-11,13-14H2,1-5H3/t17-,18+/m0/s1. The Kier molecular flexibility index (Phi) is 5.81. The number of carbonyl (C=O) groups is 1. The van der Waals surface area contributed by atoms with Gasteiger partial charge in [0, 0.05) is 50.1 Å². The maximum Gasteiger partial charge on any atom is 0.410 e. The third-order valence-electron chi connectivity index (χ3n) is 6.71. The Labute approximate surface area is 205 Å². The van der Waals surface area contributed by atoms with Crippen molar-refractivity contribution >= 4 is 28.6 Å². The van der Waals surface area contributed by atoms with Crippen molar-refractivity contribution in [3.05, 3.63) is 42.6 Å². The van der Waals surface area contributed by atoms with Crippen molar-refractivity contribution in [3.8, 4) is 5.69 Å². The molecule has 4 heterocycles. The molecule has 0 aliphatic carbocycles. The third kappa shape index (κ3) is 4.39. The number of piperazine rings is 1. The van der Waals surface area contributed by atoms with Crippen molar-refractivity contribution in [2.75, 3.05) is 36.0 Å². The second kappa shape index (κ2) is 8.70. The SMILES string of the molecule is C[C@@H]1CN(c2ncnc3c2c(N2CCC2)cn3-c2cccc(F)c2)[C@@H](C)CN1C(=O)OC(C)(C)C. The number of carbonyl (C=O) groups excluding carboxylic acids is 1. The molecule has 0 unspecified atom stereocenters. The summed E-state index contributed by atoms with van der Waals surface area (Å²) < 4.78 is 21.6. The second-order valence-electron chi connectivity index (χ2n) is 10.6. The monoisotopic (exact) mass is 480 g/mol. The molecule has 2 aliphatic heterocycles. The molecule has 0 bridgehead atoms. The van der Waals surface area contributed by atoms with Gasteiger partial charge in [-0.05, 0) is 59.2 Å². The zero-order valence-corrected chi connectivity index (χ0v) is 21.0. The average Bonchev–Trinajstić information content (AvgIpc) is 3.12. The Morgan fingerprint density at radius 3 is 2.54 bits per heavy atom. The molecule has 2 aliphatic rings. The number of rotatable bonds is 3. The van der Waals surface area contributed by atoms with Gasteiger partial charge in [0.2, 0.25) is 0 Å². The minimum Gasteiger partial charge on any atom is -0.444 e. The molecule has 1 aromatic carbocycles. The van der Waals surface area contributed by atoms with Gasteiger partial charge in [0.15, 0.2) is 5.65 Å². The number of amides is 1. The zero-order valence-electron chi connectivity index (χ0n) is 21.0. The fourth-order valence-electron chi connectivity index (χ4n) is 4.86.